The molecule has 1 saturated heterocycles. The Morgan fingerprint density at radius 1 is 1.53 bits per heavy atom. The minimum absolute atomic E-state index is 0.676. The van der Waals surface area contributed by atoms with Crippen molar-refractivity contribution in [2.24, 2.45) is 5.92 Å². The molecule has 0 unspecified atom stereocenters. The van der Waals surface area contributed by atoms with Crippen LogP contribution >= 0.6 is 0 Å². The molecule has 0 radical (unpaired) electrons. The first-order valence-corrected chi connectivity index (χ1v) is 5.46. The van der Waals surface area contributed by atoms with Crippen LogP contribution < -0.4 is 11.2 Å². The standard InChI is InChI=1S/C10H12F2N2O5/c11-3-5-7(17)10(12,4-15)19-8(5)14-2-1-6(16)13-9(14)18/h1-2,5,7-8,15,17H,3-4H2,(H,13,16,18)/t5-,7-,8+,10+/m0/s1. The fourth-order valence-corrected chi connectivity index (χ4v) is 2.02. The predicted molar refractivity (Wildman–Crippen MR) is 57.8 cm³/mol. The van der Waals surface area contributed by atoms with Crippen LogP contribution in [-0.4, -0.2) is 45.0 Å². The van der Waals surface area contributed by atoms with Gasteiger partial charge in [0, 0.05) is 12.3 Å². The summed E-state index contributed by atoms with van der Waals surface area (Å²) in [5.41, 5.74) is -1.60. The Labute approximate surface area is 105 Å². The summed E-state index contributed by atoms with van der Waals surface area (Å²) >= 11 is 0. The third kappa shape index (κ3) is 2.20. The van der Waals surface area contributed by atoms with E-state index in [9.17, 15) is 23.5 Å². The van der Waals surface area contributed by atoms with Crippen LogP contribution in [0.15, 0.2) is 21.9 Å². The molecule has 7 nitrogen and oxygen atoms in total. The number of halogens is 2. The highest BCUT2D eigenvalue weighted by molar-refractivity contribution is 4.96. The Morgan fingerprint density at radius 3 is 2.74 bits per heavy atom. The fraction of sp³-hybridized carbons (Fsp3) is 0.600. The molecule has 1 aliphatic rings. The van der Waals surface area contributed by atoms with Crippen molar-refractivity contribution in [1.29, 1.82) is 0 Å². The topological polar surface area (TPSA) is 105 Å². The number of aliphatic hydroxyl groups is 2. The number of aliphatic hydroxyl groups excluding tert-OH is 2. The highest BCUT2D eigenvalue weighted by Gasteiger charge is 2.56. The molecular weight excluding hydrogens is 266 g/mol. The minimum Gasteiger partial charge on any atom is -0.390 e. The van der Waals surface area contributed by atoms with Crippen LogP contribution in [0.3, 0.4) is 0 Å². The smallest absolute Gasteiger partial charge is 0.330 e. The van der Waals surface area contributed by atoms with E-state index in [2.05, 4.69) is 0 Å². The summed E-state index contributed by atoms with van der Waals surface area (Å²) in [6, 6.07) is 0.976. The maximum atomic E-state index is 13.9. The van der Waals surface area contributed by atoms with Gasteiger partial charge in [-0.25, -0.2) is 9.18 Å². The third-order valence-corrected chi connectivity index (χ3v) is 3.05. The lowest BCUT2D eigenvalue weighted by atomic mass is 10.00. The average Bonchev–Trinajstić information content (AvgIpc) is 2.62. The summed E-state index contributed by atoms with van der Waals surface area (Å²) < 4.78 is 32.4. The average molecular weight is 278 g/mol. The second-order valence-electron chi connectivity index (χ2n) is 4.23. The molecule has 2 heterocycles. The second-order valence-corrected chi connectivity index (χ2v) is 4.23. The van der Waals surface area contributed by atoms with Gasteiger partial charge in [0.05, 0.1) is 12.6 Å². The summed E-state index contributed by atoms with van der Waals surface area (Å²) in [5, 5.41) is 18.5. The second kappa shape index (κ2) is 4.83. The fourth-order valence-electron chi connectivity index (χ4n) is 2.02. The zero-order chi connectivity index (χ0) is 14.2. The van der Waals surface area contributed by atoms with Gasteiger partial charge in [-0.05, 0) is 0 Å². The van der Waals surface area contributed by atoms with E-state index in [4.69, 9.17) is 9.84 Å². The molecule has 4 atom stereocenters. The van der Waals surface area contributed by atoms with E-state index >= 15 is 0 Å². The molecule has 2 rings (SSSR count). The number of hydrogen-bond donors (Lipinski definition) is 3. The molecule has 1 aromatic heterocycles. The largest absolute Gasteiger partial charge is 0.390 e. The quantitative estimate of drug-likeness (QED) is 0.635. The summed E-state index contributed by atoms with van der Waals surface area (Å²) in [4.78, 5) is 24.3. The number of nitrogens with one attached hydrogen (secondary N) is 1. The van der Waals surface area contributed by atoms with Gasteiger partial charge in [-0.3, -0.25) is 18.7 Å². The molecule has 19 heavy (non-hydrogen) atoms. The SMILES string of the molecule is O=c1ccn([C@@H]2O[C@](F)(CO)[C@@H](O)[C@@H]2CF)c(=O)[nH]1. The van der Waals surface area contributed by atoms with E-state index in [0.29, 0.717) is 0 Å². The number of H-pyrrole nitrogens is 1. The highest BCUT2D eigenvalue weighted by Crippen LogP contribution is 2.41. The van der Waals surface area contributed by atoms with Crippen LogP contribution in [0.1, 0.15) is 6.23 Å². The van der Waals surface area contributed by atoms with Gasteiger partial charge in [-0.1, -0.05) is 0 Å². The van der Waals surface area contributed by atoms with E-state index in [-0.39, 0.29) is 0 Å². The molecule has 1 aliphatic heterocycles. The van der Waals surface area contributed by atoms with Gasteiger partial charge >= 0.3 is 5.69 Å². The van der Waals surface area contributed by atoms with Gasteiger partial charge in [0.2, 0.25) is 0 Å². The Bertz CT molecular complexity index is 574. The van der Waals surface area contributed by atoms with Crippen LogP contribution in [0, 0.1) is 5.92 Å². The van der Waals surface area contributed by atoms with Crippen molar-refractivity contribution in [2.75, 3.05) is 13.3 Å². The lowest BCUT2D eigenvalue weighted by Gasteiger charge is -2.20. The molecule has 0 amide bonds. The first-order valence-electron chi connectivity index (χ1n) is 5.46. The molecule has 0 aliphatic carbocycles. The predicted octanol–water partition coefficient (Wildman–Crippen LogP) is -1.33. The minimum atomic E-state index is -2.85. The Balaban J connectivity index is 2.44. The molecule has 3 N–H and O–H groups in total. The maximum absolute atomic E-state index is 13.9. The van der Waals surface area contributed by atoms with Gasteiger partial charge in [0.1, 0.15) is 18.9 Å². The first kappa shape index (κ1) is 13.8. The van der Waals surface area contributed by atoms with Gasteiger partial charge in [-0.15, -0.1) is 0 Å². The van der Waals surface area contributed by atoms with Crippen molar-refractivity contribution < 1.29 is 23.7 Å². The summed E-state index contributed by atoms with van der Waals surface area (Å²) in [7, 11) is 0. The number of hydrogen-bond acceptors (Lipinski definition) is 5. The number of rotatable bonds is 3. The van der Waals surface area contributed by atoms with E-state index in [0.717, 1.165) is 16.8 Å². The van der Waals surface area contributed by atoms with E-state index in [1.807, 2.05) is 4.98 Å². The molecular formula is C10H12F2N2O5. The van der Waals surface area contributed by atoms with Crippen LogP contribution in [0.5, 0.6) is 0 Å². The molecule has 1 aromatic rings. The Morgan fingerprint density at radius 2 is 2.21 bits per heavy atom. The van der Waals surface area contributed by atoms with Crippen molar-refractivity contribution in [1.82, 2.24) is 9.55 Å². The molecule has 0 aromatic carbocycles. The van der Waals surface area contributed by atoms with Crippen molar-refractivity contribution in [2.45, 2.75) is 18.2 Å². The van der Waals surface area contributed by atoms with Crippen molar-refractivity contribution in [3.8, 4) is 0 Å². The zero-order valence-electron chi connectivity index (χ0n) is 9.62. The third-order valence-electron chi connectivity index (χ3n) is 3.05. The number of aromatic nitrogens is 2. The number of ether oxygens (including phenoxy) is 1. The normalized spacial score (nSPS) is 34.6. The van der Waals surface area contributed by atoms with Gasteiger partial charge in [-0.2, -0.15) is 0 Å². The van der Waals surface area contributed by atoms with Crippen molar-refractivity contribution >= 4 is 0 Å². The van der Waals surface area contributed by atoms with Gasteiger partial charge in [0.25, 0.3) is 11.4 Å². The van der Waals surface area contributed by atoms with Crippen LogP contribution in [-0.2, 0) is 4.74 Å². The zero-order valence-corrected chi connectivity index (χ0v) is 9.62. The number of aromatic amines is 1. The first-order chi connectivity index (χ1) is 8.92. The van der Waals surface area contributed by atoms with Gasteiger partial charge < -0.3 is 14.9 Å². The Kier molecular flexibility index (Phi) is 3.52. The van der Waals surface area contributed by atoms with E-state index in [1.54, 1.807) is 0 Å². The van der Waals surface area contributed by atoms with E-state index < -0.39 is 48.6 Å². The number of nitrogens with zero attached hydrogens (tertiary/aromatic N) is 1. The van der Waals surface area contributed by atoms with Gasteiger partial charge in [0.15, 0.2) is 0 Å². The Hall–Kier alpha value is -1.58. The summed E-state index contributed by atoms with van der Waals surface area (Å²) in [5.74, 6) is -4.22. The molecule has 0 saturated carbocycles. The lowest BCUT2D eigenvalue weighted by molar-refractivity contribution is -0.207. The molecule has 1 fully saturated rings. The van der Waals surface area contributed by atoms with Crippen molar-refractivity contribution in [3.05, 3.63) is 33.1 Å². The lowest BCUT2D eigenvalue weighted by Crippen LogP contribution is -2.40. The van der Waals surface area contributed by atoms with Crippen LogP contribution in [0.4, 0.5) is 8.78 Å². The molecule has 106 valence electrons. The summed E-state index contributed by atoms with van der Waals surface area (Å²) in [6.07, 6.45) is -2.38. The highest BCUT2D eigenvalue weighted by atomic mass is 19.2. The summed E-state index contributed by atoms with van der Waals surface area (Å²) in [6.45, 7) is -2.34. The maximum Gasteiger partial charge on any atom is 0.330 e. The molecule has 0 spiro atoms. The molecule has 0 bridgehead atoms. The van der Waals surface area contributed by atoms with Crippen LogP contribution in [0.25, 0.3) is 0 Å². The molecule has 9 heteroatoms. The van der Waals surface area contributed by atoms with Crippen molar-refractivity contribution in [3.63, 3.8) is 0 Å². The monoisotopic (exact) mass is 278 g/mol. The van der Waals surface area contributed by atoms with Crippen LogP contribution in [0.2, 0.25) is 0 Å². The van der Waals surface area contributed by atoms with E-state index in [1.165, 1.54) is 0 Å². The number of alkyl halides is 2.